The summed E-state index contributed by atoms with van der Waals surface area (Å²) in [5, 5.41) is 2.93. The van der Waals surface area contributed by atoms with Gasteiger partial charge in [-0.15, -0.1) is 0 Å². The van der Waals surface area contributed by atoms with Gasteiger partial charge in [-0.05, 0) is 19.2 Å². The Balaban J connectivity index is 2.73. The molecule has 1 aromatic rings. The minimum Gasteiger partial charge on any atom is -0.457 e. The Bertz CT molecular complexity index is 252. The van der Waals surface area contributed by atoms with Crippen molar-refractivity contribution in [2.24, 2.45) is 0 Å². The Hall–Kier alpha value is -1.09. The lowest BCUT2D eigenvalue weighted by Crippen LogP contribution is -2.03. The van der Waals surface area contributed by atoms with Crippen LogP contribution in [0.3, 0.4) is 0 Å². The number of hydrogen-bond donors (Lipinski definition) is 1. The van der Waals surface area contributed by atoms with Crippen molar-refractivity contribution in [1.29, 1.82) is 0 Å². The zero-order valence-electron chi connectivity index (χ0n) is 6.68. The van der Waals surface area contributed by atoms with Crippen LogP contribution >= 0.6 is 0 Å². The van der Waals surface area contributed by atoms with Crippen LogP contribution in [0, 0.1) is 0 Å². The van der Waals surface area contributed by atoms with E-state index in [1.165, 1.54) is 6.92 Å². The topological polar surface area (TPSA) is 42.2 Å². The molecule has 1 heterocycles. The van der Waals surface area contributed by atoms with Crippen LogP contribution in [0.15, 0.2) is 16.5 Å². The van der Waals surface area contributed by atoms with Gasteiger partial charge in [-0.1, -0.05) is 0 Å². The Labute approximate surface area is 65.4 Å². The Kier molecular flexibility index (Phi) is 2.44. The van der Waals surface area contributed by atoms with Gasteiger partial charge >= 0.3 is 0 Å². The second-order valence-electron chi connectivity index (χ2n) is 2.35. The van der Waals surface area contributed by atoms with E-state index in [1.54, 1.807) is 12.1 Å². The van der Waals surface area contributed by atoms with Crippen LogP contribution in [0.2, 0.25) is 0 Å². The van der Waals surface area contributed by atoms with E-state index < -0.39 is 0 Å². The first-order valence-corrected chi connectivity index (χ1v) is 3.48. The summed E-state index contributed by atoms with van der Waals surface area (Å²) in [7, 11) is 1.83. The maximum Gasteiger partial charge on any atom is 0.194 e. The van der Waals surface area contributed by atoms with E-state index in [1.807, 2.05) is 7.05 Å². The molecule has 0 aliphatic carbocycles. The minimum atomic E-state index is -0.0349. The molecule has 0 aliphatic rings. The van der Waals surface area contributed by atoms with Crippen LogP contribution in [0.5, 0.6) is 0 Å². The van der Waals surface area contributed by atoms with E-state index in [4.69, 9.17) is 4.42 Å². The molecule has 0 bridgehead atoms. The van der Waals surface area contributed by atoms with Crippen LogP contribution in [0.25, 0.3) is 0 Å². The normalized spacial score (nSPS) is 10.0. The van der Waals surface area contributed by atoms with Crippen LogP contribution in [-0.2, 0) is 6.54 Å². The van der Waals surface area contributed by atoms with Gasteiger partial charge < -0.3 is 9.73 Å². The van der Waals surface area contributed by atoms with Crippen LogP contribution in [0.4, 0.5) is 0 Å². The molecule has 0 saturated heterocycles. The molecule has 11 heavy (non-hydrogen) atoms. The molecule has 0 aliphatic heterocycles. The Morgan fingerprint density at radius 3 is 2.82 bits per heavy atom. The largest absolute Gasteiger partial charge is 0.457 e. The Morgan fingerprint density at radius 2 is 2.36 bits per heavy atom. The van der Waals surface area contributed by atoms with Crippen LogP contribution in [-0.4, -0.2) is 12.8 Å². The number of rotatable bonds is 3. The average molecular weight is 153 g/mol. The SMILES string of the molecule is CNCc1ccc(C(C)=O)o1. The molecular weight excluding hydrogens is 142 g/mol. The van der Waals surface area contributed by atoms with Crippen molar-refractivity contribution in [2.75, 3.05) is 7.05 Å². The predicted molar refractivity (Wildman–Crippen MR) is 41.5 cm³/mol. The van der Waals surface area contributed by atoms with Crippen LogP contribution in [0.1, 0.15) is 23.2 Å². The molecule has 0 saturated carbocycles. The van der Waals surface area contributed by atoms with Gasteiger partial charge in [-0.25, -0.2) is 0 Å². The average Bonchev–Trinajstić information content (AvgIpc) is 2.37. The molecule has 0 amide bonds. The van der Waals surface area contributed by atoms with E-state index in [-0.39, 0.29) is 5.78 Å². The first-order valence-electron chi connectivity index (χ1n) is 3.48. The highest BCUT2D eigenvalue weighted by molar-refractivity contribution is 5.91. The van der Waals surface area contributed by atoms with Crippen molar-refractivity contribution in [2.45, 2.75) is 13.5 Å². The van der Waals surface area contributed by atoms with Crippen molar-refractivity contribution in [3.63, 3.8) is 0 Å². The molecular formula is C8H11NO2. The maximum atomic E-state index is 10.7. The second-order valence-corrected chi connectivity index (χ2v) is 2.35. The van der Waals surface area contributed by atoms with E-state index in [9.17, 15) is 4.79 Å². The monoisotopic (exact) mass is 153 g/mol. The van der Waals surface area contributed by atoms with Crippen molar-refractivity contribution >= 4 is 5.78 Å². The third-order valence-corrected chi connectivity index (χ3v) is 1.36. The summed E-state index contributed by atoms with van der Waals surface area (Å²) in [6, 6.07) is 3.49. The third-order valence-electron chi connectivity index (χ3n) is 1.36. The highest BCUT2D eigenvalue weighted by Crippen LogP contribution is 2.07. The molecule has 3 nitrogen and oxygen atoms in total. The minimum absolute atomic E-state index is 0.0349. The molecule has 0 radical (unpaired) electrons. The lowest BCUT2D eigenvalue weighted by Gasteiger charge is -1.91. The maximum absolute atomic E-state index is 10.7. The van der Waals surface area contributed by atoms with Gasteiger partial charge in [0, 0.05) is 6.92 Å². The van der Waals surface area contributed by atoms with E-state index in [0.717, 1.165) is 5.76 Å². The smallest absolute Gasteiger partial charge is 0.194 e. The molecule has 1 aromatic heterocycles. The number of nitrogens with one attached hydrogen (secondary N) is 1. The fourth-order valence-corrected chi connectivity index (χ4v) is 0.836. The zero-order chi connectivity index (χ0) is 8.27. The predicted octanol–water partition coefficient (Wildman–Crippen LogP) is 1.20. The first-order chi connectivity index (χ1) is 5.24. The molecule has 1 N–H and O–H groups in total. The Morgan fingerprint density at radius 1 is 1.64 bits per heavy atom. The van der Waals surface area contributed by atoms with Crippen LogP contribution < -0.4 is 5.32 Å². The molecule has 0 fully saturated rings. The zero-order valence-corrected chi connectivity index (χ0v) is 6.68. The standard InChI is InChI=1S/C8H11NO2/c1-6(10)8-4-3-7(11-8)5-9-2/h3-4,9H,5H2,1-2H3. The van der Waals surface area contributed by atoms with Gasteiger partial charge in [-0.2, -0.15) is 0 Å². The number of carbonyl (C=O) groups is 1. The molecule has 1 rings (SSSR count). The first kappa shape index (κ1) is 8.01. The van der Waals surface area contributed by atoms with Gasteiger partial charge in [-0.3, -0.25) is 4.79 Å². The van der Waals surface area contributed by atoms with Gasteiger partial charge in [0.15, 0.2) is 11.5 Å². The fraction of sp³-hybridized carbons (Fsp3) is 0.375. The van der Waals surface area contributed by atoms with Crippen molar-refractivity contribution in [1.82, 2.24) is 5.32 Å². The molecule has 0 atom stereocenters. The summed E-state index contributed by atoms with van der Waals surface area (Å²) in [5.41, 5.74) is 0. The number of ketones is 1. The number of furan rings is 1. The summed E-state index contributed by atoms with van der Waals surface area (Å²) in [5.74, 6) is 1.18. The lowest BCUT2D eigenvalue weighted by atomic mass is 10.3. The highest BCUT2D eigenvalue weighted by atomic mass is 16.3. The van der Waals surface area contributed by atoms with Crippen molar-refractivity contribution in [3.8, 4) is 0 Å². The third kappa shape index (κ3) is 1.91. The number of hydrogen-bond acceptors (Lipinski definition) is 3. The van der Waals surface area contributed by atoms with Gasteiger partial charge in [0.05, 0.1) is 6.54 Å². The summed E-state index contributed by atoms with van der Waals surface area (Å²) in [6.07, 6.45) is 0. The van der Waals surface area contributed by atoms with E-state index >= 15 is 0 Å². The summed E-state index contributed by atoms with van der Waals surface area (Å²) in [4.78, 5) is 10.7. The van der Waals surface area contributed by atoms with Gasteiger partial charge in [0.25, 0.3) is 0 Å². The lowest BCUT2D eigenvalue weighted by molar-refractivity contribution is 0.0985. The quantitative estimate of drug-likeness (QED) is 0.663. The molecule has 0 unspecified atom stereocenters. The van der Waals surface area contributed by atoms with Crippen molar-refractivity contribution < 1.29 is 9.21 Å². The van der Waals surface area contributed by atoms with E-state index in [2.05, 4.69) is 5.32 Å². The summed E-state index contributed by atoms with van der Waals surface area (Å²) < 4.78 is 5.17. The van der Waals surface area contributed by atoms with E-state index in [0.29, 0.717) is 12.3 Å². The highest BCUT2D eigenvalue weighted by Gasteiger charge is 2.04. The second kappa shape index (κ2) is 3.34. The van der Waals surface area contributed by atoms with Gasteiger partial charge in [0.2, 0.25) is 0 Å². The van der Waals surface area contributed by atoms with Gasteiger partial charge in [0.1, 0.15) is 5.76 Å². The molecule has 0 spiro atoms. The molecule has 3 heteroatoms. The molecule has 0 aromatic carbocycles. The summed E-state index contributed by atoms with van der Waals surface area (Å²) >= 11 is 0. The summed E-state index contributed by atoms with van der Waals surface area (Å²) in [6.45, 7) is 2.15. The number of Topliss-reactive ketones (excluding diaryl/α,β-unsaturated/α-hetero) is 1. The van der Waals surface area contributed by atoms with Crippen molar-refractivity contribution in [3.05, 3.63) is 23.7 Å². The fourth-order valence-electron chi connectivity index (χ4n) is 0.836. The number of carbonyl (C=O) groups excluding carboxylic acids is 1. The molecule has 60 valence electrons.